The first-order chi connectivity index (χ1) is 16.9. The molecule has 0 aromatic rings. The molecule has 0 amide bonds. The fourth-order valence-corrected chi connectivity index (χ4v) is 9.05. The van der Waals surface area contributed by atoms with Crippen LogP contribution < -0.4 is 0 Å². The SMILES string of the molecule is CC(C)CCC[C@@H](C)[C@H]1CC[C@H]2[C@@H]3CC=C4C[C@@H](O)CC[C@]4(C)[C@H]3CC[C@]12C.O=C(Cl)CCC(=O)Cl. The normalized spacial score (nSPS) is 38.1. The van der Waals surface area contributed by atoms with Gasteiger partial charge in [-0.05, 0) is 121 Å². The van der Waals surface area contributed by atoms with E-state index in [-0.39, 0.29) is 18.9 Å². The van der Waals surface area contributed by atoms with Gasteiger partial charge < -0.3 is 5.11 Å². The highest BCUT2D eigenvalue weighted by atomic mass is 35.5. The molecule has 36 heavy (non-hydrogen) atoms. The van der Waals surface area contributed by atoms with Crippen LogP contribution in [0.2, 0.25) is 0 Å². The molecule has 0 unspecified atom stereocenters. The quantitative estimate of drug-likeness (QED) is 0.247. The van der Waals surface area contributed by atoms with Crippen LogP contribution in [0, 0.1) is 46.3 Å². The predicted molar refractivity (Wildman–Crippen MR) is 150 cm³/mol. The molecule has 4 aliphatic rings. The average Bonchev–Trinajstić information content (AvgIpc) is 3.15. The van der Waals surface area contributed by atoms with E-state index in [0.717, 1.165) is 48.3 Å². The molecule has 0 radical (unpaired) electrons. The Bertz CT molecular complexity index is 794. The fraction of sp³-hybridized carbons (Fsp3) is 0.871. The molecule has 0 aromatic carbocycles. The summed E-state index contributed by atoms with van der Waals surface area (Å²) in [5.74, 6) is 5.46. The topological polar surface area (TPSA) is 54.4 Å². The molecule has 206 valence electrons. The van der Waals surface area contributed by atoms with Crippen LogP contribution in [-0.2, 0) is 9.59 Å². The Kier molecular flexibility index (Phi) is 10.6. The molecular weight excluding hydrogens is 491 g/mol. The van der Waals surface area contributed by atoms with Gasteiger partial charge in [0.2, 0.25) is 10.5 Å². The molecular formula is C31H50Cl2O3. The van der Waals surface area contributed by atoms with E-state index in [1.807, 2.05) is 0 Å². The third-order valence-corrected chi connectivity index (χ3v) is 11.2. The zero-order valence-electron chi connectivity index (χ0n) is 23.3. The smallest absolute Gasteiger partial charge is 0.222 e. The number of halogens is 2. The lowest BCUT2D eigenvalue weighted by atomic mass is 9.47. The van der Waals surface area contributed by atoms with Crippen LogP contribution in [0.5, 0.6) is 0 Å². The van der Waals surface area contributed by atoms with Gasteiger partial charge in [-0.1, -0.05) is 65.5 Å². The number of carbonyl (C=O) groups excluding carboxylic acids is 2. The Labute approximate surface area is 230 Å². The summed E-state index contributed by atoms with van der Waals surface area (Å²) in [6.45, 7) is 12.6. The van der Waals surface area contributed by atoms with E-state index in [0.29, 0.717) is 10.8 Å². The maximum absolute atomic E-state index is 10.2. The molecule has 8 atom stereocenters. The second-order valence-electron chi connectivity index (χ2n) is 13.4. The summed E-state index contributed by atoms with van der Waals surface area (Å²) >= 11 is 9.74. The molecule has 4 rings (SSSR count). The van der Waals surface area contributed by atoms with E-state index in [1.54, 1.807) is 5.57 Å². The van der Waals surface area contributed by atoms with Crippen molar-refractivity contribution in [2.24, 2.45) is 46.3 Å². The highest BCUT2D eigenvalue weighted by Gasteiger charge is 2.59. The molecule has 0 aliphatic heterocycles. The Balaban J connectivity index is 0.000000392. The molecule has 3 nitrogen and oxygen atoms in total. The number of hydrogen-bond acceptors (Lipinski definition) is 3. The van der Waals surface area contributed by atoms with Gasteiger partial charge >= 0.3 is 0 Å². The van der Waals surface area contributed by atoms with Gasteiger partial charge in [-0.3, -0.25) is 9.59 Å². The van der Waals surface area contributed by atoms with E-state index >= 15 is 0 Å². The summed E-state index contributed by atoms with van der Waals surface area (Å²) in [4.78, 5) is 19.8. The highest BCUT2D eigenvalue weighted by molar-refractivity contribution is 6.65. The number of rotatable bonds is 8. The Morgan fingerprint density at radius 2 is 1.64 bits per heavy atom. The lowest BCUT2D eigenvalue weighted by molar-refractivity contribution is -0.116. The molecule has 0 bridgehead atoms. The van der Waals surface area contributed by atoms with Crippen molar-refractivity contribution in [1.82, 2.24) is 0 Å². The van der Waals surface area contributed by atoms with E-state index in [1.165, 1.54) is 57.8 Å². The molecule has 1 N–H and O–H groups in total. The van der Waals surface area contributed by atoms with Gasteiger partial charge in [0.15, 0.2) is 0 Å². The second kappa shape index (κ2) is 12.6. The average molecular weight is 542 g/mol. The monoisotopic (exact) mass is 540 g/mol. The van der Waals surface area contributed by atoms with Gasteiger partial charge in [-0.15, -0.1) is 0 Å². The van der Waals surface area contributed by atoms with Crippen LogP contribution in [0.4, 0.5) is 0 Å². The molecule has 0 saturated heterocycles. The summed E-state index contributed by atoms with van der Waals surface area (Å²) in [5, 5.41) is 9.15. The third kappa shape index (κ3) is 6.78. The summed E-state index contributed by atoms with van der Waals surface area (Å²) in [7, 11) is 0. The maximum Gasteiger partial charge on any atom is 0.222 e. The Morgan fingerprint density at radius 3 is 2.25 bits per heavy atom. The summed E-state index contributed by atoms with van der Waals surface area (Å²) in [6, 6.07) is 0. The Hall–Kier alpha value is -0.380. The number of fused-ring (bicyclic) bond motifs is 5. The highest BCUT2D eigenvalue weighted by Crippen LogP contribution is 2.67. The summed E-state index contributed by atoms with van der Waals surface area (Å²) < 4.78 is 0. The van der Waals surface area contributed by atoms with E-state index in [2.05, 4.69) is 40.7 Å². The first-order valence-electron chi connectivity index (χ1n) is 14.6. The molecule has 5 heteroatoms. The minimum atomic E-state index is -0.529. The van der Waals surface area contributed by atoms with Gasteiger partial charge in [0.25, 0.3) is 0 Å². The number of aliphatic hydroxyl groups excluding tert-OH is 1. The van der Waals surface area contributed by atoms with Crippen molar-refractivity contribution in [3.63, 3.8) is 0 Å². The van der Waals surface area contributed by atoms with Crippen LogP contribution >= 0.6 is 23.2 Å². The minimum absolute atomic E-state index is 0.0316. The third-order valence-electron chi connectivity index (χ3n) is 10.8. The first-order valence-corrected chi connectivity index (χ1v) is 15.4. The largest absolute Gasteiger partial charge is 0.393 e. The lowest BCUT2D eigenvalue weighted by Crippen LogP contribution is -2.50. The maximum atomic E-state index is 10.2. The van der Waals surface area contributed by atoms with Crippen molar-refractivity contribution in [3.8, 4) is 0 Å². The molecule has 3 saturated carbocycles. The second-order valence-corrected chi connectivity index (χ2v) is 14.2. The zero-order valence-corrected chi connectivity index (χ0v) is 24.8. The molecule has 3 fully saturated rings. The number of carbonyl (C=O) groups is 2. The summed E-state index contributed by atoms with van der Waals surface area (Å²) in [6.07, 6.45) is 17.2. The molecule has 0 spiro atoms. The van der Waals surface area contributed by atoms with Gasteiger partial charge in [0.1, 0.15) is 0 Å². The van der Waals surface area contributed by atoms with Crippen molar-refractivity contribution < 1.29 is 14.7 Å². The standard InChI is InChI=1S/C27H46O.C4H4Cl2O2/c1-18(2)7-6-8-19(3)23-11-12-24-22-10-9-20-17-21(28)13-15-26(20,4)25(22)14-16-27(23,24)5;5-3(7)1-2-4(6)8/h9,18-19,21-25,28H,6-8,10-17H2,1-5H3;1-2H2/t19-,21+,22+,23-,24+,25+,26+,27-;/m1./s1. The van der Waals surface area contributed by atoms with Crippen LogP contribution in [-0.4, -0.2) is 21.7 Å². The van der Waals surface area contributed by atoms with Crippen LogP contribution in [0.3, 0.4) is 0 Å². The number of hydrogen-bond donors (Lipinski definition) is 1. The lowest BCUT2D eigenvalue weighted by Gasteiger charge is -2.58. The molecule has 4 aliphatic carbocycles. The van der Waals surface area contributed by atoms with Crippen molar-refractivity contribution in [3.05, 3.63) is 11.6 Å². The number of aliphatic hydroxyl groups is 1. The zero-order chi connectivity index (χ0) is 26.7. The van der Waals surface area contributed by atoms with Gasteiger partial charge in [0.05, 0.1) is 6.10 Å². The van der Waals surface area contributed by atoms with Crippen LogP contribution in [0.25, 0.3) is 0 Å². The molecule has 0 aromatic heterocycles. The van der Waals surface area contributed by atoms with E-state index in [4.69, 9.17) is 23.2 Å². The van der Waals surface area contributed by atoms with Gasteiger partial charge in [-0.25, -0.2) is 0 Å². The fourth-order valence-electron chi connectivity index (χ4n) is 8.86. The Morgan fingerprint density at radius 1 is 0.972 bits per heavy atom. The summed E-state index contributed by atoms with van der Waals surface area (Å²) in [5.41, 5.74) is 2.60. The predicted octanol–water partition coefficient (Wildman–Crippen LogP) is 8.69. The van der Waals surface area contributed by atoms with Crippen LogP contribution in [0.1, 0.15) is 118 Å². The van der Waals surface area contributed by atoms with E-state index in [9.17, 15) is 14.7 Å². The molecule has 0 heterocycles. The van der Waals surface area contributed by atoms with Crippen LogP contribution in [0.15, 0.2) is 11.6 Å². The van der Waals surface area contributed by atoms with Gasteiger partial charge in [0, 0.05) is 12.8 Å². The van der Waals surface area contributed by atoms with E-state index < -0.39 is 10.5 Å². The van der Waals surface area contributed by atoms with Crippen molar-refractivity contribution in [2.45, 2.75) is 124 Å². The first kappa shape index (κ1) is 30.2. The van der Waals surface area contributed by atoms with Gasteiger partial charge in [-0.2, -0.15) is 0 Å². The minimum Gasteiger partial charge on any atom is -0.393 e. The number of allylic oxidation sites excluding steroid dienone is 1. The van der Waals surface area contributed by atoms with Crippen molar-refractivity contribution >= 4 is 33.7 Å². The van der Waals surface area contributed by atoms with Crippen molar-refractivity contribution in [2.75, 3.05) is 0 Å². The van der Waals surface area contributed by atoms with Crippen molar-refractivity contribution in [1.29, 1.82) is 0 Å².